The summed E-state index contributed by atoms with van der Waals surface area (Å²) >= 11 is 4.77. The van der Waals surface area contributed by atoms with Crippen LogP contribution in [-0.4, -0.2) is 23.7 Å². The number of hydrogen-bond acceptors (Lipinski definition) is 3. The monoisotopic (exact) mass is 432 g/mol. The third-order valence-corrected chi connectivity index (χ3v) is 6.46. The van der Waals surface area contributed by atoms with Gasteiger partial charge in [-0.15, -0.1) is 0 Å². The molecule has 1 aliphatic carbocycles. The van der Waals surface area contributed by atoms with Crippen LogP contribution in [0.4, 0.5) is 8.78 Å². The molecule has 30 heavy (non-hydrogen) atoms. The smallest absolute Gasteiger partial charge is 0.217 e. The van der Waals surface area contributed by atoms with Crippen molar-refractivity contribution in [1.82, 2.24) is 10.6 Å². The molecular formula is C24H30F2N2OS. The summed E-state index contributed by atoms with van der Waals surface area (Å²) in [6.07, 6.45) is 5.98. The van der Waals surface area contributed by atoms with Crippen molar-refractivity contribution >= 4 is 18.5 Å². The van der Waals surface area contributed by atoms with Gasteiger partial charge in [0.25, 0.3) is 0 Å². The van der Waals surface area contributed by atoms with Crippen LogP contribution in [0.1, 0.15) is 50.2 Å². The van der Waals surface area contributed by atoms with Gasteiger partial charge < -0.3 is 10.6 Å². The van der Waals surface area contributed by atoms with Gasteiger partial charge in [0.15, 0.2) is 0 Å². The summed E-state index contributed by atoms with van der Waals surface area (Å²) in [5.74, 6) is -1.43. The van der Waals surface area contributed by atoms with Crippen molar-refractivity contribution < 1.29 is 13.6 Å². The van der Waals surface area contributed by atoms with Crippen LogP contribution < -0.4 is 10.6 Å². The summed E-state index contributed by atoms with van der Waals surface area (Å²) in [5.41, 5.74) is 1.67. The highest BCUT2D eigenvalue weighted by atomic mass is 32.1. The third-order valence-electron chi connectivity index (χ3n) is 5.91. The lowest BCUT2D eigenvalue weighted by Gasteiger charge is -2.40. The quantitative estimate of drug-likeness (QED) is 0.527. The number of carbonyl (C=O) groups is 1. The van der Waals surface area contributed by atoms with Crippen molar-refractivity contribution in [2.24, 2.45) is 0 Å². The van der Waals surface area contributed by atoms with Crippen LogP contribution >= 0.6 is 12.6 Å². The molecule has 3 nitrogen and oxygen atoms in total. The van der Waals surface area contributed by atoms with Gasteiger partial charge in [-0.3, -0.25) is 4.79 Å². The van der Waals surface area contributed by atoms with E-state index in [-0.39, 0.29) is 22.7 Å². The first-order valence-corrected chi connectivity index (χ1v) is 11.1. The predicted octanol–water partition coefficient (Wildman–Crippen LogP) is 4.76. The highest BCUT2D eigenvalue weighted by Crippen LogP contribution is 2.37. The largest absolute Gasteiger partial charge is 0.352 e. The van der Waals surface area contributed by atoms with Crippen LogP contribution in [-0.2, 0) is 16.8 Å². The number of carbonyl (C=O) groups excluding carboxylic acids is 1. The molecule has 0 spiro atoms. The lowest BCUT2D eigenvalue weighted by atomic mass is 9.76. The predicted molar refractivity (Wildman–Crippen MR) is 120 cm³/mol. The topological polar surface area (TPSA) is 41.1 Å². The zero-order valence-corrected chi connectivity index (χ0v) is 18.2. The maximum absolute atomic E-state index is 13.6. The van der Waals surface area contributed by atoms with Gasteiger partial charge in [-0.2, -0.15) is 12.6 Å². The van der Waals surface area contributed by atoms with Crippen molar-refractivity contribution in [1.29, 1.82) is 0 Å². The van der Waals surface area contributed by atoms with E-state index in [1.54, 1.807) is 0 Å². The maximum Gasteiger partial charge on any atom is 0.217 e. The second kappa shape index (κ2) is 10.4. The average Bonchev–Trinajstić information content (AvgIpc) is 2.72. The first kappa shape index (κ1) is 22.8. The number of halogens is 2. The zero-order valence-electron chi connectivity index (χ0n) is 17.3. The summed E-state index contributed by atoms with van der Waals surface area (Å²) in [5, 5.41) is 6.42. The molecule has 0 unspecified atom stereocenters. The fourth-order valence-electron chi connectivity index (χ4n) is 4.45. The molecule has 2 N–H and O–H groups in total. The van der Waals surface area contributed by atoms with Crippen LogP contribution in [0.25, 0.3) is 0 Å². The molecule has 0 bridgehead atoms. The Morgan fingerprint density at radius 2 is 1.70 bits per heavy atom. The van der Waals surface area contributed by atoms with Gasteiger partial charge >= 0.3 is 0 Å². The number of amides is 1. The van der Waals surface area contributed by atoms with E-state index < -0.39 is 11.6 Å². The summed E-state index contributed by atoms with van der Waals surface area (Å²) in [4.78, 5) is 11.8. The Morgan fingerprint density at radius 3 is 2.30 bits per heavy atom. The molecule has 162 valence electrons. The molecule has 2 aromatic rings. The highest BCUT2D eigenvalue weighted by molar-refractivity contribution is 7.81. The molecule has 1 saturated carbocycles. The Morgan fingerprint density at radius 1 is 1.07 bits per heavy atom. The van der Waals surface area contributed by atoms with Gasteiger partial charge in [0.1, 0.15) is 11.6 Å². The van der Waals surface area contributed by atoms with E-state index in [4.69, 9.17) is 12.6 Å². The third kappa shape index (κ3) is 6.05. The van der Waals surface area contributed by atoms with Crippen molar-refractivity contribution in [3.05, 3.63) is 71.3 Å². The number of nitrogens with one attached hydrogen (secondary N) is 2. The molecule has 3 rings (SSSR count). The molecule has 2 aromatic carbocycles. The fraction of sp³-hybridized carbons (Fsp3) is 0.458. The Hall–Kier alpha value is -1.92. The summed E-state index contributed by atoms with van der Waals surface area (Å²) in [6.45, 7) is 2.01. The molecule has 0 aromatic heterocycles. The molecule has 1 fully saturated rings. The van der Waals surface area contributed by atoms with Crippen LogP contribution in [0, 0.1) is 11.6 Å². The Bertz CT molecular complexity index is 820. The molecule has 2 atom stereocenters. The zero-order chi connectivity index (χ0) is 21.6. The van der Waals surface area contributed by atoms with E-state index >= 15 is 0 Å². The Kier molecular flexibility index (Phi) is 7.89. The number of benzene rings is 2. The van der Waals surface area contributed by atoms with Gasteiger partial charge in [0.2, 0.25) is 5.91 Å². The van der Waals surface area contributed by atoms with E-state index in [0.29, 0.717) is 18.5 Å². The summed E-state index contributed by atoms with van der Waals surface area (Å²) in [7, 11) is 0. The van der Waals surface area contributed by atoms with Crippen molar-refractivity contribution in [3.63, 3.8) is 0 Å². The van der Waals surface area contributed by atoms with Gasteiger partial charge in [-0.05, 0) is 42.5 Å². The molecule has 1 amide bonds. The second-order valence-electron chi connectivity index (χ2n) is 8.25. The molecule has 0 radical (unpaired) electrons. The molecule has 0 saturated heterocycles. The van der Waals surface area contributed by atoms with Crippen molar-refractivity contribution in [2.75, 3.05) is 6.54 Å². The van der Waals surface area contributed by atoms with E-state index in [1.807, 2.05) is 6.07 Å². The fourth-order valence-corrected chi connectivity index (χ4v) is 4.72. The minimum Gasteiger partial charge on any atom is -0.352 e. The number of thiol groups is 1. The van der Waals surface area contributed by atoms with E-state index in [1.165, 1.54) is 31.0 Å². The van der Waals surface area contributed by atoms with Crippen molar-refractivity contribution in [3.8, 4) is 0 Å². The van der Waals surface area contributed by atoms with Gasteiger partial charge in [-0.25, -0.2) is 8.78 Å². The lowest BCUT2D eigenvalue weighted by molar-refractivity contribution is -0.119. The van der Waals surface area contributed by atoms with Crippen LogP contribution in [0.15, 0.2) is 48.5 Å². The van der Waals surface area contributed by atoms with Gasteiger partial charge in [-0.1, -0.05) is 49.6 Å². The van der Waals surface area contributed by atoms with E-state index in [9.17, 15) is 13.6 Å². The number of hydrogen-bond donors (Lipinski definition) is 3. The second-order valence-corrected chi connectivity index (χ2v) is 8.91. The summed E-state index contributed by atoms with van der Waals surface area (Å²) < 4.78 is 27.2. The molecule has 0 heterocycles. The van der Waals surface area contributed by atoms with E-state index in [0.717, 1.165) is 31.7 Å². The highest BCUT2D eigenvalue weighted by Gasteiger charge is 2.34. The standard InChI is InChI=1S/C24H30F2N2OS/c1-17(29)28-22(14-18-12-20(25)15-21(26)13-18)23(30)16-27-24(10-6-3-7-11-24)19-8-4-2-5-9-19/h2,4-5,8-9,12-13,15,22-23,27,30H,3,6-7,10-11,14,16H2,1H3,(H,28,29)/t22-,23+/m0/s1. The number of rotatable bonds is 8. The maximum atomic E-state index is 13.6. The Labute approximate surface area is 183 Å². The lowest BCUT2D eigenvalue weighted by Crippen LogP contribution is -2.51. The average molecular weight is 433 g/mol. The summed E-state index contributed by atoms with van der Waals surface area (Å²) in [6, 6.07) is 13.6. The molecule has 0 aliphatic heterocycles. The SMILES string of the molecule is CC(=O)N[C@@H](Cc1cc(F)cc(F)c1)[C@H](S)CNC1(c2ccccc2)CCCCC1. The minimum absolute atomic E-state index is 0.105. The first-order chi connectivity index (χ1) is 14.4. The molecular weight excluding hydrogens is 402 g/mol. The van der Waals surface area contributed by atoms with Crippen LogP contribution in [0.2, 0.25) is 0 Å². The minimum atomic E-state index is -0.620. The van der Waals surface area contributed by atoms with Crippen molar-refractivity contribution in [2.45, 2.75) is 62.3 Å². The first-order valence-electron chi connectivity index (χ1n) is 10.6. The normalized spacial score (nSPS) is 17.9. The van der Waals surface area contributed by atoms with Gasteiger partial charge in [0.05, 0.1) is 0 Å². The van der Waals surface area contributed by atoms with Crippen LogP contribution in [0.3, 0.4) is 0 Å². The Balaban J connectivity index is 1.73. The van der Waals surface area contributed by atoms with Crippen LogP contribution in [0.5, 0.6) is 0 Å². The molecule has 6 heteroatoms. The van der Waals surface area contributed by atoms with Gasteiger partial charge in [0, 0.05) is 36.4 Å². The van der Waals surface area contributed by atoms with E-state index in [2.05, 4.69) is 34.9 Å². The molecule has 1 aliphatic rings.